The SMILES string of the molecule is Nc1c(C(=O)NC2CC3CCC2C3)sc2ncccc12. The first-order valence-corrected chi connectivity index (χ1v) is 7.98. The Kier molecular flexibility index (Phi) is 2.70. The van der Waals surface area contributed by atoms with Gasteiger partial charge in [-0.3, -0.25) is 4.79 Å². The molecule has 104 valence electrons. The maximum Gasteiger partial charge on any atom is 0.263 e. The Hall–Kier alpha value is -1.62. The third kappa shape index (κ3) is 1.80. The number of fused-ring (bicyclic) bond motifs is 3. The van der Waals surface area contributed by atoms with Crippen molar-refractivity contribution in [2.75, 3.05) is 5.73 Å². The van der Waals surface area contributed by atoms with Crippen LogP contribution in [-0.4, -0.2) is 16.9 Å². The van der Waals surface area contributed by atoms with E-state index in [-0.39, 0.29) is 5.91 Å². The monoisotopic (exact) mass is 287 g/mol. The Bertz CT molecular complexity index is 681. The van der Waals surface area contributed by atoms with Gasteiger partial charge in [0.1, 0.15) is 9.71 Å². The van der Waals surface area contributed by atoms with Gasteiger partial charge in [0.15, 0.2) is 0 Å². The van der Waals surface area contributed by atoms with Crippen LogP contribution in [0.1, 0.15) is 35.4 Å². The number of carbonyl (C=O) groups is 1. The van der Waals surface area contributed by atoms with Gasteiger partial charge in [-0.1, -0.05) is 6.42 Å². The predicted octanol–water partition coefficient (Wildman–Crippen LogP) is 2.80. The lowest BCUT2D eigenvalue weighted by atomic mass is 9.95. The first-order chi connectivity index (χ1) is 9.72. The number of hydrogen-bond acceptors (Lipinski definition) is 4. The summed E-state index contributed by atoms with van der Waals surface area (Å²) in [4.78, 5) is 18.2. The topological polar surface area (TPSA) is 68.0 Å². The fourth-order valence-electron chi connectivity index (χ4n) is 3.78. The quantitative estimate of drug-likeness (QED) is 0.892. The molecule has 0 spiro atoms. The van der Waals surface area contributed by atoms with E-state index in [1.54, 1.807) is 6.20 Å². The predicted molar refractivity (Wildman–Crippen MR) is 80.7 cm³/mol. The highest BCUT2D eigenvalue weighted by Gasteiger charge is 2.40. The molecule has 20 heavy (non-hydrogen) atoms. The summed E-state index contributed by atoms with van der Waals surface area (Å²) in [5, 5.41) is 4.08. The van der Waals surface area contributed by atoms with Crippen LogP contribution in [0.4, 0.5) is 5.69 Å². The lowest BCUT2D eigenvalue weighted by Gasteiger charge is -2.22. The zero-order chi connectivity index (χ0) is 13.7. The first-order valence-electron chi connectivity index (χ1n) is 7.16. The van der Waals surface area contributed by atoms with Crippen molar-refractivity contribution >= 4 is 33.1 Å². The normalized spacial score (nSPS) is 28.1. The molecule has 4 rings (SSSR count). The van der Waals surface area contributed by atoms with Gasteiger partial charge in [-0.2, -0.15) is 0 Å². The molecule has 0 radical (unpaired) electrons. The number of nitrogens with two attached hydrogens (primary N) is 1. The van der Waals surface area contributed by atoms with Crippen LogP contribution in [0.2, 0.25) is 0 Å². The maximum atomic E-state index is 12.5. The third-order valence-corrected chi connectivity index (χ3v) is 5.89. The van der Waals surface area contributed by atoms with Crippen LogP contribution in [0.15, 0.2) is 18.3 Å². The van der Waals surface area contributed by atoms with E-state index in [0.717, 1.165) is 22.6 Å². The van der Waals surface area contributed by atoms with Crippen molar-refractivity contribution in [3.05, 3.63) is 23.2 Å². The summed E-state index contributed by atoms with van der Waals surface area (Å²) in [5.74, 6) is 1.48. The molecule has 0 saturated heterocycles. The molecule has 2 fully saturated rings. The van der Waals surface area contributed by atoms with Crippen LogP contribution in [0.3, 0.4) is 0 Å². The molecule has 4 nitrogen and oxygen atoms in total. The van der Waals surface area contributed by atoms with Gasteiger partial charge in [-0.15, -0.1) is 11.3 Å². The van der Waals surface area contributed by atoms with Crippen LogP contribution < -0.4 is 11.1 Å². The van der Waals surface area contributed by atoms with Crippen molar-refractivity contribution in [1.82, 2.24) is 10.3 Å². The second-order valence-corrected chi connectivity index (χ2v) is 6.95. The lowest BCUT2D eigenvalue weighted by Crippen LogP contribution is -2.38. The zero-order valence-corrected chi connectivity index (χ0v) is 12.0. The van der Waals surface area contributed by atoms with E-state index in [1.807, 2.05) is 12.1 Å². The molecule has 2 aromatic rings. The number of anilines is 1. The summed E-state index contributed by atoms with van der Waals surface area (Å²) in [5.41, 5.74) is 6.67. The van der Waals surface area contributed by atoms with Crippen molar-refractivity contribution in [2.45, 2.75) is 31.7 Å². The highest BCUT2D eigenvalue weighted by Crippen LogP contribution is 2.44. The van der Waals surface area contributed by atoms with E-state index in [2.05, 4.69) is 10.3 Å². The molecular weight excluding hydrogens is 270 g/mol. The van der Waals surface area contributed by atoms with Gasteiger partial charge in [0.25, 0.3) is 5.91 Å². The molecule has 0 aliphatic heterocycles. The van der Waals surface area contributed by atoms with Crippen LogP contribution in [0.5, 0.6) is 0 Å². The van der Waals surface area contributed by atoms with Crippen molar-refractivity contribution in [2.24, 2.45) is 11.8 Å². The number of nitrogens with zero attached hydrogens (tertiary/aromatic N) is 1. The molecule has 3 N–H and O–H groups in total. The minimum atomic E-state index is -0.0250. The Morgan fingerprint density at radius 1 is 1.40 bits per heavy atom. The van der Waals surface area contributed by atoms with Crippen molar-refractivity contribution < 1.29 is 4.79 Å². The Labute approximate surface area is 121 Å². The number of aromatic nitrogens is 1. The molecule has 2 bridgehead atoms. The van der Waals surface area contributed by atoms with Crippen LogP contribution in [0.25, 0.3) is 10.2 Å². The van der Waals surface area contributed by atoms with Gasteiger partial charge in [-0.25, -0.2) is 4.98 Å². The van der Waals surface area contributed by atoms with Gasteiger partial charge in [0.2, 0.25) is 0 Å². The molecule has 3 unspecified atom stereocenters. The summed E-state index contributed by atoms with van der Waals surface area (Å²) in [6.07, 6.45) is 6.76. The number of thiophene rings is 1. The summed E-state index contributed by atoms with van der Waals surface area (Å²) in [6.45, 7) is 0. The highest BCUT2D eigenvalue weighted by molar-refractivity contribution is 7.21. The summed E-state index contributed by atoms with van der Waals surface area (Å²) < 4.78 is 0. The second-order valence-electron chi connectivity index (χ2n) is 5.96. The van der Waals surface area contributed by atoms with Crippen molar-refractivity contribution in [3.8, 4) is 0 Å². The Morgan fingerprint density at radius 2 is 2.30 bits per heavy atom. The van der Waals surface area contributed by atoms with Gasteiger partial charge in [-0.05, 0) is 43.2 Å². The number of hydrogen-bond donors (Lipinski definition) is 2. The van der Waals surface area contributed by atoms with Crippen LogP contribution >= 0.6 is 11.3 Å². The number of carbonyl (C=O) groups excluding carboxylic acids is 1. The average Bonchev–Trinajstić information content (AvgIpc) is 3.14. The van der Waals surface area contributed by atoms with E-state index in [1.165, 1.54) is 30.6 Å². The highest BCUT2D eigenvalue weighted by atomic mass is 32.1. The number of rotatable bonds is 2. The molecule has 0 aromatic carbocycles. The average molecular weight is 287 g/mol. The van der Waals surface area contributed by atoms with Gasteiger partial charge < -0.3 is 11.1 Å². The van der Waals surface area contributed by atoms with Crippen LogP contribution in [-0.2, 0) is 0 Å². The number of amides is 1. The Balaban J connectivity index is 1.59. The fourth-order valence-corrected chi connectivity index (χ4v) is 4.74. The Morgan fingerprint density at radius 3 is 3.00 bits per heavy atom. The number of nitrogen functional groups attached to an aromatic ring is 1. The zero-order valence-electron chi connectivity index (χ0n) is 11.1. The molecule has 3 atom stereocenters. The fraction of sp³-hybridized carbons (Fsp3) is 0.467. The molecule has 5 heteroatoms. The number of nitrogens with one attached hydrogen (secondary N) is 1. The molecule has 1 amide bonds. The lowest BCUT2D eigenvalue weighted by molar-refractivity contribution is 0.0928. The maximum absolute atomic E-state index is 12.5. The van der Waals surface area contributed by atoms with Crippen LogP contribution in [0, 0.1) is 11.8 Å². The van der Waals surface area contributed by atoms with E-state index < -0.39 is 0 Å². The first kappa shape index (κ1) is 12.1. The number of pyridine rings is 1. The van der Waals surface area contributed by atoms with Gasteiger partial charge >= 0.3 is 0 Å². The van der Waals surface area contributed by atoms with Gasteiger partial charge in [0.05, 0.1) is 5.69 Å². The molecule has 2 heterocycles. The summed E-state index contributed by atoms with van der Waals surface area (Å²) in [7, 11) is 0. The largest absolute Gasteiger partial charge is 0.397 e. The summed E-state index contributed by atoms with van der Waals surface area (Å²) in [6, 6.07) is 4.12. The molecule has 2 aliphatic rings. The van der Waals surface area contributed by atoms with E-state index in [4.69, 9.17) is 5.73 Å². The van der Waals surface area contributed by atoms with Crippen molar-refractivity contribution in [1.29, 1.82) is 0 Å². The van der Waals surface area contributed by atoms with E-state index >= 15 is 0 Å². The minimum absolute atomic E-state index is 0.0250. The molecule has 2 aliphatic carbocycles. The smallest absolute Gasteiger partial charge is 0.263 e. The third-order valence-electron chi connectivity index (χ3n) is 4.77. The second kappa shape index (κ2) is 4.45. The minimum Gasteiger partial charge on any atom is -0.397 e. The van der Waals surface area contributed by atoms with Crippen molar-refractivity contribution in [3.63, 3.8) is 0 Å². The molecule has 2 aromatic heterocycles. The molecular formula is C15H17N3OS. The molecule has 2 saturated carbocycles. The van der Waals surface area contributed by atoms with E-state index in [0.29, 0.717) is 22.5 Å². The summed E-state index contributed by atoms with van der Waals surface area (Å²) >= 11 is 1.39. The van der Waals surface area contributed by atoms with Gasteiger partial charge in [0, 0.05) is 17.6 Å². The van der Waals surface area contributed by atoms with E-state index in [9.17, 15) is 4.79 Å². The standard InChI is InChI=1S/C15H17N3OS/c16-12-10-2-1-5-17-15(10)20-13(12)14(19)18-11-7-8-3-4-9(11)6-8/h1-2,5,8-9,11H,3-4,6-7,16H2,(H,18,19).